The van der Waals surface area contributed by atoms with Gasteiger partial charge in [-0.2, -0.15) is 0 Å². The van der Waals surface area contributed by atoms with E-state index in [2.05, 4.69) is 38.5 Å². The molecular formula is C15H15BrClN3O. The number of benzene rings is 1. The molecule has 1 aromatic carbocycles. The Kier molecular flexibility index (Phi) is 5.59. The van der Waals surface area contributed by atoms with Gasteiger partial charge < -0.3 is 10.6 Å². The Morgan fingerprint density at radius 3 is 2.86 bits per heavy atom. The molecule has 0 fully saturated rings. The SMILES string of the molecule is CCCNc1cnccc1C(=O)Nc1ccc(Cl)cc1Br. The summed E-state index contributed by atoms with van der Waals surface area (Å²) in [5.74, 6) is -0.195. The number of nitrogens with one attached hydrogen (secondary N) is 2. The Hall–Kier alpha value is -1.59. The second kappa shape index (κ2) is 7.43. The molecule has 0 unspecified atom stereocenters. The van der Waals surface area contributed by atoms with E-state index in [1.807, 2.05) is 0 Å². The first kappa shape index (κ1) is 15.8. The number of aromatic nitrogens is 1. The minimum atomic E-state index is -0.195. The lowest BCUT2D eigenvalue weighted by Crippen LogP contribution is -2.15. The maximum Gasteiger partial charge on any atom is 0.257 e. The van der Waals surface area contributed by atoms with E-state index in [1.165, 1.54) is 0 Å². The number of pyridine rings is 1. The fraction of sp³-hybridized carbons (Fsp3) is 0.200. The van der Waals surface area contributed by atoms with Gasteiger partial charge in [0, 0.05) is 22.2 Å². The summed E-state index contributed by atoms with van der Waals surface area (Å²) < 4.78 is 0.737. The van der Waals surface area contributed by atoms with Crippen LogP contribution in [0.15, 0.2) is 41.1 Å². The Balaban J connectivity index is 2.20. The molecule has 0 aliphatic carbocycles. The fourth-order valence-electron chi connectivity index (χ4n) is 1.77. The van der Waals surface area contributed by atoms with Crippen molar-refractivity contribution in [3.8, 4) is 0 Å². The molecule has 2 N–H and O–H groups in total. The summed E-state index contributed by atoms with van der Waals surface area (Å²) in [7, 11) is 0. The normalized spacial score (nSPS) is 10.2. The van der Waals surface area contributed by atoms with Crippen LogP contribution in [0.1, 0.15) is 23.7 Å². The highest BCUT2D eigenvalue weighted by Crippen LogP contribution is 2.27. The molecular weight excluding hydrogens is 354 g/mol. The molecule has 6 heteroatoms. The summed E-state index contributed by atoms with van der Waals surface area (Å²) >= 11 is 9.27. The number of halogens is 2. The van der Waals surface area contributed by atoms with Crippen molar-refractivity contribution in [2.24, 2.45) is 0 Å². The van der Waals surface area contributed by atoms with Crippen LogP contribution in [0.4, 0.5) is 11.4 Å². The molecule has 110 valence electrons. The van der Waals surface area contributed by atoms with Crippen molar-refractivity contribution >= 4 is 44.8 Å². The molecule has 1 aromatic heterocycles. The van der Waals surface area contributed by atoms with Gasteiger partial charge in [-0.15, -0.1) is 0 Å². The molecule has 1 amide bonds. The van der Waals surface area contributed by atoms with Gasteiger partial charge in [0.2, 0.25) is 0 Å². The van der Waals surface area contributed by atoms with Crippen molar-refractivity contribution in [2.45, 2.75) is 13.3 Å². The summed E-state index contributed by atoms with van der Waals surface area (Å²) in [6, 6.07) is 6.91. The smallest absolute Gasteiger partial charge is 0.257 e. The fourth-order valence-corrected chi connectivity index (χ4v) is 2.56. The first-order valence-electron chi connectivity index (χ1n) is 6.56. The Labute approximate surface area is 137 Å². The standard InChI is InChI=1S/C15H15BrClN3O/c1-2-6-19-14-9-18-7-5-11(14)15(21)20-13-4-3-10(17)8-12(13)16/h3-5,7-9,19H,2,6H2,1H3,(H,20,21). The van der Waals surface area contributed by atoms with Crippen LogP contribution in [0.25, 0.3) is 0 Å². The van der Waals surface area contributed by atoms with Crippen LogP contribution in [0.3, 0.4) is 0 Å². The average Bonchev–Trinajstić information content (AvgIpc) is 2.48. The van der Waals surface area contributed by atoms with E-state index < -0.39 is 0 Å². The van der Waals surface area contributed by atoms with Crippen LogP contribution < -0.4 is 10.6 Å². The Bertz CT molecular complexity index is 649. The number of nitrogens with zero attached hydrogens (tertiary/aromatic N) is 1. The van der Waals surface area contributed by atoms with Gasteiger partial charge >= 0.3 is 0 Å². The van der Waals surface area contributed by atoms with Crippen molar-refractivity contribution in [1.29, 1.82) is 0 Å². The zero-order valence-electron chi connectivity index (χ0n) is 11.5. The molecule has 2 rings (SSSR count). The van der Waals surface area contributed by atoms with Crippen molar-refractivity contribution < 1.29 is 4.79 Å². The highest BCUT2D eigenvalue weighted by Gasteiger charge is 2.12. The third-order valence-electron chi connectivity index (χ3n) is 2.81. The zero-order valence-corrected chi connectivity index (χ0v) is 13.8. The molecule has 0 saturated heterocycles. The van der Waals surface area contributed by atoms with Gasteiger partial charge in [0.15, 0.2) is 0 Å². The first-order chi connectivity index (χ1) is 10.1. The Morgan fingerprint density at radius 1 is 1.33 bits per heavy atom. The second-order valence-electron chi connectivity index (χ2n) is 4.43. The summed E-state index contributed by atoms with van der Waals surface area (Å²) in [5, 5.41) is 6.66. The molecule has 2 aromatic rings. The van der Waals surface area contributed by atoms with Crippen LogP contribution in [0, 0.1) is 0 Å². The maximum atomic E-state index is 12.4. The highest BCUT2D eigenvalue weighted by atomic mass is 79.9. The molecule has 0 bridgehead atoms. The molecule has 4 nitrogen and oxygen atoms in total. The highest BCUT2D eigenvalue weighted by molar-refractivity contribution is 9.10. The largest absolute Gasteiger partial charge is 0.383 e. The average molecular weight is 369 g/mol. The van der Waals surface area contributed by atoms with Crippen LogP contribution >= 0.6 is 27.5 Å². The number of anilines is 2. The summed E-state index contributed by atoms with van der Waals surface area (Å²) in [6.45, 7) is 2.85. The number of carbonyl (C=O) groups is 1. The van der Waals surface area contributed by atoms with E-state index in [0.717, 1.165) is 23.1 Å². The minimum Gasteiger partial charge on any atom is -0.383 e. The van der Waals surface area contributed by atoms with Crippen LogP contribution in [0.5, 0.6) is 0 Å². The molecule has 0 spiro atoms. The predicted octanol–water partition coefficient (Wildman–Crippen LogP) is 4.57. The van der Waals surface area contributed by atoms with Gasteiger partial charge in [-0.1, -0.05) is 18.5 Å². The lowest BCUT2D eigenvalue weighted by atomic mass is 10.2. The number of amides is 1. The first-order valence-corrected chi connectivity index (χ1v) is 7.73. The second-order valence-corrected chi connectivity index (χ2v) is 5.72. The van der Waals surface area contributed by atoms with E-state index in [4.69, 9.17) is 11.6 Å². The number of hydrogen-bond donors (Lipinski definition) is 2. The molecule has 1 heterocycles. The van der Waals surface area contributed by atoms with Gasteiger partial charge in [0.05, 0.1) is 23.1 Å². The van der Waals surface area contributed by atoms with E-state index >= 15 is 0 Å². The molecule has 0 radical (unpaired) electrons. The summed E-state index contributed by atoms with van der Waals surface area (Å²) in [6.07, 6.45) is 4.23. The van der Waals surface area contributed by atoms with E-state index in [-0.39, 0.29) is 5.91 Å². The van der Waals surface area contributed by atoms with E-state index in [0.29, 0.717) is 16.3 Å². The van der Waals surface area contributed by atoms with Crippen molar-refractivity contribution in [3.63, 3.8) is 0 Å². The zero-order chi connectivity index (χ0) is 15.2. The van der Waals surface area contributed by atoms with Crippen LogP contribution in [-0.2, 0) is 0 Å². The molecule has 0 atom stereocenters. The van der Waals surface area contributed by atoms with Crippen molar-refractivity contribution in [2.75, 3.05) is 17.2 Å². The van der Waals surface area contributed by atoms with Gasteiger partial charge in [-0.05, 0) is 46.6 Å². The summed E-state index contributed by atoms with van der Waals surface area (Å²) in [4.78, 5) is 16.5. The third-order valence-corrected chi connectivity index (χ3v) is 3.70. The number of rotatable bonds is 5. The molecule has 0 aliphatic rings. The van der Waals surface area contributed by atoms with Crippen molar-refractivity contribution in [3.05, 3.63) is 51.7 Å². The van der Waals surface area contributed by atoms with Crippen LogP contribution in [-0.4, -0.2) is 17.4 Å². The molecule has 21 heavy (non-hydrogen) atoms. The topological polar surface area (TPSA) is 54.0 Å². The minimum absolute atomic E-state index is 0.195. The lowest BCUT2D eigenvalue weighted by Gasteiger charge is -2.12. The number of hydrogen-bond acceptors (Lipinski definition) is 3. The van der Waals surface area contributed by atoms with E-state index in [1.54, 1.807) is 36.7 Å². The third kappa shape index (κ3) is 4.19. The molecule has 0 saturated carbocycles. The molecule has 0 aliphatic heterocycles. The Morgan fingerprint density at radius 2 is 2.14 bits per heavy atom. The maximum absolute atomic E-state index is 12.4. The van der Waals surface area contributed by atoms with Gasteiger partial charge in [-0.3, -0.25) is 9.78 Å². The van der Waals surface area contributed by atoms with Crippen molar-refractivity contribution in [1.82, 2.24) is 4.98 Å². The monoisotopic (exact) mass is 367 g/mol. The quantitative estimate of drug-likeness (QED) is 0.812. The lowest BCUT2D eigenvalue weighted by molar-refractivity contribution is 0.102. The van der Waals surface area contributed by atoms with Gasteiger partial charge in [-0.25, -0.2) is 0 Å². The van der Waals surface area contributed by atoms with Gasteiger partial charge in [0.25, 0.3) is 5.91 Å². The van der Waals surface area contributed by atoms with Crippen LogP contribution in [0.2, 0.25) is 5.02 Å². The van der Waals surface area contributed by atoms with E-state index in [9.17, 15) is 4.79 Å². The predicted molar refractivity (Wildman–Crippen MR) is 90.1 cm³/mol. The number of carbonyl (C=O) groups excluding carboxylic acids is 1. The summed E-state index contributed by atoms with van der Waals surface area (Å²) in [5.41, 5.74) is 1.95. The van der Waals surface area contributed by atoms with Gasteiger partial charge in [0.1, 0.15) is 0 Å².